The highest BCUT2D eigenvalue weighted by Gasteiger charge is 2.19. The van der Waals surface area contributed by atoms with E-state index in [2.05, 4.69) is 25.5 Å². The fourth-order valence-electron chi connectivity index (χ4n) is 4.18. The molecule has 2 saturated heterocycles. The van der Waals surface area contributed by atoms with Gasteiger partial charge in [0.1, 0.15) is 17.1 Å². The van der Waals surface area contributed by atoms with Crippen LogP contribution in [0.1, 0.15) is 30.1 Å². The van der Waals surface area contributed by atoms with E-state index in [-0.39, 0.29) is 17.5 Å². The summed E-state index contributed by atoms with van der Waals surface area (Å²) in [4.78, 5) is 36.0. The zero-order valence-electron chi connectivity index (χ0n) is 18.9. The van der Waals surface area contributed by atoms with E-state index < -0.39 is 5.91 Å². The Balaban J connectivity index is 1.39. The number of hydrogen-bond donors (Lipinski definition) is 3. The Kier molecular flexibility index (Phi) is 7.23. The third-order valence-electron chi connectivity index (χ3n) is 6.13. The van der Waals surface area contributed by atoms with Crippen molar-refractivity contribution in [2.75, 3.05) is 56.0 Å². The first kappa shape index (κ1) is 22.8. The summed E-state index contributed by atoms with van der Waals surface area (Å²) in [5.41, 5.74) is 6.81. The first-order valence-corrected chi connectivity index (χ1v) is 11.4. The van der Waals surface area contributed by atoms with E-state index in [0.29, 0.717) is 24.0 Å². The first-order valence-electron chi connectivity index (χ1n) is 11.4. The van der Waals surface area contributed by atoms with E-state index in [1.165, 1.54) is 6.20 Å². The molecular weight excluding hydrogens is 422 g/mol. The second-order valence-corrected chi connectivity index (χ2v) is 8.46. The molecule has 2 aromatic rings. The molecule has 2 aliphatic heterocycles. The number of piperidine rings is 1. The topological polar surface area (TPSA) is 126 Å². The van der Waals surface area contributed by atoms with Gasteiger partial charge in [-0.05, 0) is 56.1 Å². The SMILES string of the molecule is CC(=O)N1CCN(c2ccc(Oc3ncc(C(N)=O)c(NCC4CCCNC4)n3)cc2)CC1. The van der Waals surface area contributed by atoms with Crippen LogP contribution in [-0.2, 0) is 4.79 Å². The number of ether oxygens (including phenoxy) is 1. The summed E-state index contributed by atoms with van der Waals surface area (Å²) in [6, 6.07) is 7.82. The third kappa shape index (κ3) is 5.89. The Morgan fingerprint density at radius 3 is 2.61 bits per heavy atom. The van der Waals surface area contributed by atoms with Crippen molar-refractivity contribution >= 4 is 23.3 Å². The quantitative estimate of drug-likeness (QED) is 0.575. The molecule has 1 aromatic heterocycles. The average Bonchev–Trinajstić information content (AvgIpc) is 2.84. The summed E-state index contributed by atoms with van der Waals surface area (Å²) >= 11 is 0. The van der Waals surface area contributed by atoms with Crippen molar-refractivity contribution in [2.24, 2.45) is 11.7 Å². The molecule has 2 amide bonds. The van der Waals surface area contributed by atoms with E-state index in [0.717, 1.165) is 57.8 Å². The summed E-state index contributed by atoms with van der Waals surface area (Å²) in [5, 5.41) is 6.63. The molecular formula is C23H31N7O3. The van der Waals surface area contributed by atoms with Crippen LogP contribution >= 0.6 is 0 Å². The summed E-state index contributed by atoms with van der Waals surface area (Å²) in [6.45, 7) is 7.31. The van der Waals surface area contributed by atoms with Gasteiger partial charge in [0.2, 0.25) is 5.91 Å². The number of hydrogen-bond acceptors (Lipinski definition) is 8. The number of piperazine rings is 1. The largest absolute Gasteiger partial charge is 0.424 e. The zero-order chi connectivity index (χ0) is 23.2. The van der Waals surface area contributed by atoms with E-state index in [9.17, 15) is 9.59 Å². The number of nitrogens with zero attached hydrogens (tertiary/aromatic N) is 4. The minimum absolute atomic E-state index is 0.116. The Hall–Kier alpha value is -3.40. The maximum atomic E-state index is 11.8. The number of amides is 2. The van der Waals surface area contributed by atoms with Gasteiger partial charge >= 0.3 is 6.01 Å². The lowest BCUT2D eigenvalue weighted by Gasteiger charge is -2.35. The minimum atomic E-state index is -0.583. The van der Waals surface area contributed by atoms with E-state index in [4.69, 9.17) is 10.5 Å². The van der Waals surface area contributed by atoms with Crippen LogP contribution in [0.5, 0.6) is 11.8 Å². The van der Waals surface area contributed by atoms with Crippen LogP contribution in [0.3, 0.4) is 0 Å². The normalized spacial score (nSPS) is 18.6. The number of carbonyl (C=O) groups is 2. The minimum Gasteiger partial charge on any atom is -0.424 e. The van der Waals surface area contributed by atoms with Gasteiger partial charge in [0, 0.05) is 51.5 Å². The van der Waals surface area contributed by atoms with E-state index in [1.54, 1.807) is 6.92 Å². The Morgan fingerprint density at radius 2 is 1.97 bits per heavy atom. The molecule has 33 heavy (non-hydrogen) atoms. The molecule has 10 heteroatoms. The maximum Gasteiger partial charge on any atom is 0.323 e. The number of carbonyl (C=O) groups excluding carboxylic acids is 2. The van der Waals surface area contributed by atoms with Crippen LogP contribution in [0.2, 0.25) is 0 Å². The average molecular weight is 454 g/mol. The molecule has 176 valence electrons. The first-order chi connectivity index (χ1) is 16.0. The van der Waals surface area contributed by atoms with Crippen LogP contribution < -0.4 is 26.0 Å². The van der Waals surface area contributed by atoms with E-state index in [1.807, 2.05) is 29.2 Å². The van der Waals surface area contributed by atoms with Crippen LogP contribution in [0.25, 0.3) is 0 Å². The van der Waals surface area contributed by atoms with Gasteiger partial charge in [-0.1, -0.05) is 0 Å². The number of primary amides is 1. The number of nitrogens with one attached hydrogen (secondary N) is 2. The molecule has 3 heterocycles. The molecule has 4 N–H and O–H groups in total. The van der Waals surface area contributed by atoms with Gasteiger partial charge in [0.05, 0.1) is 0 Å². The predicted molar refractivity (Wildman–Crippen MR) is 126 cm³/mol. The highest BCUT2D eigenvalue weighted by molar-refractivity contribution is 5.97. The molecule has 0 bridgehead atoms. The summed E-state index contributed by atoms with van der Waals surface area (Å²) < 4.78 is 5.84. The number of benzene rings is 1. The van der Waals surface area contributed by atoms with Crippen molar-refractivity contribution in [1.82, 2.24) is 20.2 Å². The lowest BCUT2D eigenvalue weighted by Crippen LogP contribution is -2.48. The second kappa shape index (κ2) is 10.5. The van der Waals surface area contributed by atoms with Crippen LogP contribution in [0.4, 0.5) is 11.5 Å². The number of anilines is 2. The van der Waals surface area contributed by atoms with Gasteiger partial charge in [-0.3, -0.25) is 9.59 Å². The monoisotopic (exact) mass is 453 g/mol. The van der Waals surface area contributed by atoms with Crippen molar-refractivity contribution in [3.63, 3.8) is 0 Å². The van der Waals surface area contributed by atoms with Crippen molar-refractivity contribution in [2.45, 2.75) is 19.8 Å². The molecule has 4 rings (SSSR count). The molecule has 1 atom stereocenters. The molecule has 1 aromatic carbocycles. The standard InChI is InChI=1S/C23H31N7O3/c1-16(31)29-9-11-30(12-10-29)18-4-6-19(7-5-18)33-23-27-15-20(21(24)32)22(28-23)26-14-17-3-2-8-25-13-17/h4-7,15,17,25H,2-3,8-14H2,1H3,(H2,24,32)(H,26,27,28). The lowest BCUT2D eigenvalue weighted by atomic mass is 10.00. The highest BCUT2D eigenvalue weighted by Crippen LogP contribution is 2.25. The van der Waals surface area contributed by atoms with Crippen molar-refractivity contribution in [3.05, 3.63) is 36.0 Å². The second-order valence-electron chi connectivity index (χ2n) is 8.46. The molecule has 1 unspecified atom stereocenters. The summed E-state index contributed by atoms with van der Waals surface area (Å²) in [7, 11) is 0. The maximum absolute atomic E-state index is 11.8. The van der Waals surface area contributed by atoms with Crippen LogP contribution in [0, 0.1) is 5.92 Å². The molecule has 2 aliphatic rings. The van der Waals surface area contributed by atoms with Crippen molar-refractivity contribution in [1.29, 1.82) is 0 Å². The van der Waals surface area contributed by atoms with Gasteiger partial charge in [-0.25, -0.2) is 4.98 Å². The molecule has 0 saturated carbocycles. The molecule has 10 nitrogen and oxygen atoms in total. The molecule has 0 aliphatic carbocycles. The van der Waals surface area contributed by atoms with Crippen molar-refractivity contribution < 1.29 is 14.3 Å². The van der Waals surface area contributed by atoms with Crippen LogP contribution in [-0.4, -0.2) is 72.5 Å². The lowest BCUT2D eigenvalue weighted by molar-refractivity contribution is -0.129. The van der Waals surface area contributed by atoms with Gasteiger partial charge in [0.25, 0.3) is 5.91 Å². The highest BCUT2D eigenvalue weighted by atomic mass is 16.5. The third-order valence-corrected chi connectivity index (χ3v) is 6.13. The molecule has 0 radical (unpaired) electrons. The van der Waals surface area contributed by atoms with Gasteiger partial charge in [-0.2, -0.15) is 4.98 Å². The molecule has 2 fully saturated rings. The van der Waals surface area contributed by atoms with E-state index >= 15 is 0 Å². The number of aromatic nitrogens is 2. The fourth-order valence-corrected chi connectivity index (χ4v) is 4.18. The summed E-state index contributed by atoms with van der Waals surface area (Å²) in [6.07, 6.45) is 3.65. The number of rotatable bonds is 7. The predicted octanol–water partition coefficient (Wildman–Crippen LogP) is 1.45. The number of nitrogens with two attached hydrogens (primary N) is 1. The fraction of sp³-hybridized carbons (Fsp3) is 0.478. The zero-order valence-corrected chi connectivity index (χ0v) is 18.9. The van der Waals surface area contributed by atoms with Crippen LogP contribution in [0.15, 0.2) is 30.5 Å². The summed E-state index contributed by atoms with van der Waals surface area (Å²) in [5.74, 6) is 0.974. The van der Waals surface area contributed by atoms with Crippen molar-refractivity contribution in [3.8, 4) is 11.8 Å². The smallest absolute Gasteiger partial charge is 0.323 e. The Morgan fingerprint density at radius 1 is 1.21 bits per heavy atom. The van der Waals surface area contributed by atoms with Gasteiger partial charge in [-0.15, -0.1) is 0 Å². The Labute approximate surface area is 193 Å². The molecule has 0 spiro atoms. The van der Waals surface area contributed by atoms with Gasteiger partial charge in [0.15, 0.2) is 0 Å². The van der Waals surface area contributed by atoms with Gasteiger partial charge < -0.3 is 30.9 Å². The Bertz CT molecular complexity index is 969.